The first-order valence-electron chi connectivity index (χ1n) is 11.5. The van der Waals surface area contributed by atoms with Crippen molar-refractivity contribution in [3.8, 4) is 0 Å². The number of sulfonamides is 1. The molecule has 37 heavy (non-hydrogen) atoms. The van der Waals surface area contributed by atoms with Crippen molar-refractivity contribution in [1.82, 2.24) is 9.29 Å². The summed E-state index contributed by atoms with van der Waals surface area (Å²) in [7, 11) is -4.47. The summed E-state index contributed by atoms with van der Waals surface area (Å²) < 4.78 is 102. The van der Waals surface area contributed by atoms with Crippen molar-refractivity contribution in [1.29, 1.82) is 0 Å². The number of halogens is 6. The number of aromatic nitrogens is 1. The lowest BCUT2D eigenvalue weighted by atomic mass is 9.99. The van der Waals surface area contributed by atoms with Crippen molar-refractivity contribution < 1.29 is 39.6 Å². The zero-order valence-electron chi connectivity index (χ0n) is 19.4. The average Bonchev–Trinajstić information content (AvgIpc) is 3.50. The monoisotopic (exact) mass is 570 g/mol. The highest BCUT2D eigenvalue weighted by atomic mass is 32.2. The van der Waals surface area contributed by atoms with E-state index in [1.165, 1.54) is 11.4 Å². The number of hydrogen-bond acceptors (Lipinski definition) is 6. The predicted octanol–water partition coefficient (Wildman–Crippen LogP) is 5.09. The van der Waals surface area contributed by atoms with Crippen LogP contribution in [0.4, 0.5) is 37.7 Å². The van der Waals surface area contributed by atoms with Crippen LogP contribution in [-0.2, 0) is 16.2 Å². The smallest absolute Gasteiger partial charge is 0.370 e. The molecule has 7 nitrogen and oxygen atoms in total. The van der Waals surface area contributed by atoms with Crippen LogP contribution in [0.3, 0.4) is 0 Å². The van der Waals surface area contributed by atoms with Gasteiger partial charge in [-0.25, -0.2) is 17.7 Å². The number of nitrogens with one attached hydrogen (secondary N) is 1. The van der Waals surface area contributed by atoms with Gasteiger partial charge in [-0.1, -0.05) is 0 Å². The maximum Gasteiger partial charge on any atom is 0.416 e. The van der Waals surface area contributed by atoms with Gasteiger partial charge in [0, 0.05) is 37.5 Å². The first-order valence-corrected chi connectivity index (χ1v) is 14.0. The summed E-state index contributed by atoms with van der Waals surface area (Å²) in [6.45, 7) is 1.11. The highest BCUT2D eigenvalue weighted by Crippen LogP contribution is 2.37. The standard InChI is InChI=1S/C22H24F6N4O3S2/c23-21(24,25)13-37(34,35)32-9-5-14(6-10-32)20-30-17(12-36-20)19(33)29-16-11-15(22(26,27)28)3-4-18(16)31-7-1-2-8-31/h3-4,11-12,14H,1-2,5-10,13H2,(H,29,33). The number of carbonyl (C=O) groups is 1. The fourth-order valence-corrected chi connectivity index (χ4v) is 6.83. The summed E-state index contributed by atoms with van der Waals surface area (Å²) >= 11 is 1.14. The van der Waals surface area contributed by atoms with E-state index < -0.39 is 39.6 Å². The summed E-state index contributed by atoms with van der Waals surface area (Å²) in [6, 6.07) is 3.22. The molecule has 15 heteroatoms. The van der Waals surface area contributed by atoms with Crippen LogP contribution < -0.4 is 10.2 Å². The third-order valence-electron chi connectivity index (χ3n) is 6.32. The Balaban J connectivity index is 1.45. The van der Waals surface area contributed by atoms with Gasteiger partial charge in [0.1, 0.15) is 5.69 Å². The minimum Gasteiger partial charge on any atom is -0.370 e. The van der Waals surface area contributed by atoms with Gasteiger partial charge in [-0.15, -0.1) is 11.3 Å². The number of amides is 1. The molecule has 0 radical (unpaired) electrons. The van der Waals surface area contributed by atoms with E-state index in [0.717, 1.165) is 40.6 Å². The number of thiazole rings is 1. The largest absolute Gasteiger partial charge is 0.416 e. The van der Waals surface area contributed by atoms with Gasteiger partial charge in [0.25, 0.3) is 5.91 Å². The minimum atomic E-state index is -4.83. The third kappa shape index (κ3) is 6.74. The first kappa shape index (κ1) is 27.6. The number of nitrogens with zero attached hydrogens (tertiary/aromatic N) is 3. The quantitative estimate of drug-likeness (QED) is 0.490. The number of rotatable bonds is 6. The Bertz CT molecular complexity index is 1230. The van der Waals surface area contributed by atoms with Crippen molar-refractivity contribution in [3.05, 3.63) is 39.8 Å². The molecule has 204 valence electrons. The number of anilines is 2. The molecule has 1 amide bonds. The minimum absolute atomic E-state index is 0.00286. The zero-order valence-corrected chi connectivity index (χ0v) is 21.0. The second-order valence-corrected chi connectivity index (χ2v) is 11.9. The predicted molar refractivity (Wildman–Crippen MR) is 126 cm³/mol. The lowest BCUT2D eigenvalue weighted by Gasteiger charge is -2.30. The number of alkyl halides is 6. The molecule has 3 heterocycles. The van der Waals surface area contributed by atoms with Crippen molar-refractivity contribution in [2.45, 2.75) is 44.0 Å². The Labute approximate surface area is 213 Å². The molecular weight excluding hydrogens is 546 g/mol. The molecule has 1 N–H and O–H groups in total. The van der Waals surface area contributed by atoms with Crippen LogP contribution in [0.1, 0.15) is 52.7 Å². The molecule has 4 rings (SSSR count). The maximum atomic E-state index is 13.3. The molecule has 1 aromatic heterocycles. The van der Waals surface area contributed by atoms with Crippen LogP contribution in [0.25, 0.3) is 0 Å². The van der Waals surface area contributed by atoms with E-state index >= 15 is 0 Å². The fourth-order valence-electron chi connectivity index (χ4n) is 4.49. The molecule has 2 aromatic rings. The Morgan fingerprint density at radius 3 is 2.30 bits per heavy atom. The van der Waals surface area contributed by atoms with Crippen LogP contribution in [0.15, 0.2) is 23.6 Å². The van der Waals surface area contributed by atoms with E-state index in [1.807, 2.05) is 4.90 Å². The normalized spacial score (nSPS) is 18.4. The summed E-state index contributed by atoms with van der Waals surface area (Å²) in [4.78, 5) is 19.1. The Kier molecular flexibility index (Phi) is 7.77. The first-order chi connectivity index (χ1) is 17.2. The van der Waals surface area contributed by atoms with Gasteiger partial charge in [-0.3, -0.25) is 4.79 Å². The zero-order chi connectivity index (χ0) is 27.0. The van der Waals surface area contributed by atoms with Gasteiger partial charge in [-0.05, 0) is 43.9 Å². The second kappa shape index (κ2) is 10.4. The Hall–Kier alpha value is -2.39. The number of hydrogen-bond donors (Lipinski definition) is 1. The lowest BCUT2D eigenvalue weighted by molar-refractivity contribution is -0.137. The van der Waals surface area contributed by atoms with Crippen molar-refractivity contribution in [3.63, 3.8) is 0 Å². The Morgan fingerprint density at radius 1 is 1.05 bits per heavy atom. The molecule has 2 aliphatic heterocycles. The maximum absolute atomic E-state index is 13.3. The van der Waals surface area contributed by atoms with Crippen LogP contribution >= 0.6 is 11.3 Å². The van der Waals surface area contributed by atoms with E-state index in [4.69, 9.17) is 0 Å². The van der Waals surface area contributed by atoms with Crippen LogP contribution in [0, 0.1) is 0 Å². The third-order valence-corrected chi connectivity index (χ3v) is 9.17. The average molecular weight is 571 g/mol. The fraction of sp³-hybridized carbons (Fsp3) is 0.545. The molecular formula is C22H24F6N4O3S2. The van der Waals surface area contributed by atoms with Gasteiger partial charge in [0.2, 0.25) is 10.0 Å². The molecule has 0 spiro atoms. The molecule has 1 aromatic carbocycles. The lowest BCUT2D eigenvalue weighted by Crippen LogP contribution is -2.42. The number of carbonyl (C=O) groups excluding carboxylic acids is 1. The molecule has 0 atom stereocenters. The Morgan fingerprint density at radius 2 is 1.70 bits per heavy atom. The molecule has 0 aliphatic carbocycles. The summed E-state index contributed by atoms with van der Waals surface area (Å²) in [6.07, 6.45) is -7.17. The highest BCUT2D eigenvalue weighted by molar-refractivity contribution is 7.89. The summed E-state index contributed by atoms with van der Waals surface area (Å²) in [5.74, 6) is -2.86. The topological polar surface area (TPSA) is 82.6 Å². The molecule has 0 unspecified atom stereocenters. The molecule has 2 aliphatic rings. The van der Waals surface area contributed by atoms with E-state index in [2.05, 4.69) is 10.3 Å². The number of piperidine rings is 1. The molecule has 2 fully saturated rings. The van der Waals surface area contributed by atoms with E-state index in [1.54, 1.807) is 0 Å². The van der Waals surface area contributed by atoms with Crippen molar-refractivity contribution in [2.24, 2.45) is 0 Å². The van der Waals surface area contributed by atoms with Crippen LogP contribution in [0.2, 0.25) is 0 Å². The van der Waals surface area contributed by atoms with E-state index in [9.17, 15) is 39.6 Å². The highest BCUT2D eigenvalue weighted by Gasteiger charge is 2.40. The summed E-state index contributed by atoms with van der Waals surface area (Å²) in [5, 5.41) is 4.53. The van der Waals surface area contributed by atoms with E-state index in [-0.39, 0.29) is 43.2 Å². The van der Waals surface area contributed by atoms with Gasteiger partial charge in [0.15, 0.2) is 5.75 Å². The van der Waals surface area contributed by atoms with Gasteiger partial charge >= 0.3 is 12.4 Å². The molecule has 0 saturated carbocycles. The van der Waals surface area contributed by atoms with E-state index in [0.29, 0.717) is 23.8 Å². The summed E-state index contributed by atoms with van der Waals surface area (Å²) in [5.41, 5.74) is -0.380. The second-order valence-electron chi connectivity index (χ2n) is 8.99. The molecule has 2 saturated heterocycles. The molecule has 0 bridgehead atoms. The van der Waals surface area contributed by atoms with Crippen molar-refractivity contribution in [2.75, 3.05) is 42.1 Å². The SMILES string of the molecule is O=C(Nc1cc(C(F)(F)F)ccc1N1CCCC1)c1csc(C2CCN(S(=O)(=O)CC(F)(F)F)CC2)n1. The number of benzene rings is 1. The van der Waals surface area contributed by atoms with Gasteiger partial charge in [0.05, 0.1) is 21.9 Å². The van der Waals surface area contributed by atoms with Crippen LogP contribution in [0.5, 0.6) is 0 Å². The van der Waals surface area contributed by atoms with Crippen molar-refractivity contribution >= 4 is 38.6 Å². The van der Waals surface area contributed by atoms with Gasteiger partial charge in [-0.2, -0.15) is 26.3 Å². The van der Waals surface area contributed by atoms with Gasteiger partial charge < -0.3 is 10.2 Å². The van der Waals surface area contributed by atoms with Crippen LogP contribution in [-0.4, -0.2) is 61.7 Å².